The number of halogens is 1. The summed E-state index contributed by atoms with van der Waals surface area (Å²) in [5.41, 5.74) is 1.38. The highest BCUT2D eigenvalue weighted by Gasteiger charge is 2.10. The molecule has 0 aliphatic carbocycles. The second kappa shape index (κ2) is 5.61. The number of carbonyl (C=O) groups excluding carboxylic acids is 1. The van der Waals surface area contributed by atoms with Crippen molar-refractivity contribution in [1.82, 2.24) is 0 Å². The average Bonchev–Trinajstić information content (AvgIpc) is 2.23. The molecule has 1 N–H and O–H groups in total. The molecule has 0 heterocycles. The Morgan fingerprint density at radius 2 is 2.19 bits per heavy atom. The zero-order valence-electron chi connectivity index (χ0n) is 9.46. The average molecular weight is 244 g/mol. The molecule has 1 aromatic rings. The van der Waals surface area contributed by atoms with Crippen molar-refractivity contribution >= 4 is 23.4 Å². The van der Waals surface area contributed by atoms with Crippen LogP contribution in [0, 0.1) is 6.92 Å². The first-order chi connectivity index (χ1) is 7.58. The first-order valence-electron chi connectivity index (χ1n) is 4.86. The Hall–Kier alpha value is -1.42. The van der Waals surface area contributed by atoms with Crippen LogP contribution in [-0.4, -0.2) is 19.8 Å². The van der Waals surface area contributed by atoms with Crippen LogP contribution in [-0.2, 0) is 4.74 Å². The number of carbonyl (C=O) groups is 1. The maximum absolute atomic E-state index is 11.2. The van der Waals surface area contributed by atoms with Crippen molar-refractivity contribution in [3.05, 3.63) is 22.7 Å². The molecule has 0 bridgehead atoms. The Morgan fingerprint density at radius 3 is 2.75 bits per heavy atom. The molecule has 1 aromatic carbocycles. The Morgan fingerprint density at radius 1 is 1.50 bits per heavy atom. The van der Waals surface area contributed by atoms with E-state index in [9.17, 15) is 4.79 Å². The summed E-state index contributed by atoms with van der Waals surface area (Å²) < 4.78 is 9.90. The van der Waals surface area contributed by atoms with E-state index < -0.39 is 6.09 Å². The molecule has 16 heavy (non-hydrogen) atoms. The molecule has 1 rings (SSSR count). The Kier molecular flexibility index (Phi) is 4.43. The molecule has 0 atom stereocenters. The van der Waals surface area contributed by atoms with E-state index in [1.807, 2.05) is 6.92 Å². The van der Waals surface area contributed by atoms with Gasteiger partial charge >= 0.3 is 6.09 Å². The number of ether oxygens (including phenoxy) is 2. The van der Waals surface area contributed by atoms with Gasteiger partial charge in [-0.25, -0.2) is 4.79 Å². The summed E-state index contributed by atoms with van der Waals surface area (Å²) in [4.78, 5) is 11.2. The van der Waals surface area contributed by atoms with Gasteiger partial charge in [0, 0.05) is 5.02 Å². The third-order valence-corrected chi connectivity index (χ3v) is 2.40. The molecular formula is C11H14ClNO3. The van der Waals surface area contributed by atoms with Gasteiger partial charge in [0.2, 0.25) is 0 Å². The molecule has 4 nitrogen and oxygen atoms in total. The maximum atomic E-state index is 11.2. The Bertz CT molecular complexity index is 393. The van der Waals surface area contributed by atoms with E-state index in [0.29, 0.717) is 23.1 Å². The zero-order valence-corrected chi connectivity index (χ0v) is 10.2. The van der Waals surface area contributed by atoms with Crippen LogP contribution >= 0.6 is 11.6 Å². The van der Waals surface area contributed by atoms with E-state index in [2.05, 4.69) is 5.32 Å². The van der Waals surface area contributed by atoms with Crippen LogP contribution in [0.3, 0.4) is 0 Å². The zero-order chi connectivity index (χ0) is 12.1. The van der Waals surface area contributed by atoms with E-state index in [1.54, 1.807) is 19.1 Å². The fraction of sp³-hybridized carbons (Fsp3) is 0.364. The minimum absolute atomic E-state index is 0.313. The number of benzene rings is 1. The van der Waals surface area contributed by atoms with Gasteiger partial charge in [-0.1, -0.05) is 11.6 Å². The first kappa shape index (κ1) is 12.6. The molecule has 0 saturated carbocycles. The molecule has 0 aromatic heterocycles. The molecule has 0 spiro atoms. The van der Waals surface area contributed by atoms with Crippen LogP contribution in [0.2, 0.25) is 5.02 Å². The number of amides is 1. The lowest BCUT2D eigenvalue weighted by molar-refractivity contribution is 0.168. The van der Waals surface area contributed by atoms with Gasteiger partial charge in [-0.15, -0.1) is 0 Å². The first-order valence-corrected chi connectivity index (χ1v) is 5.24. The summed E-state index contributed by atoms with van der Waals surface area (Å²) in [6, 6.07) is 3.39. The lowest BCUT2D eigenvalue weighted by Gasteiger charge is -2.11. The van der Waals surface area contributed by atoms with Crippen LogP contribution in [0.1, 0.15) is 12.5 Å². The number of rotatable bonds is 3. The topological polar surface area (TPSA) is 47.6 Å². The van der Waals surface area contributed by atoms with Gasteiger partial charge in [0.1, 0.15) is 5.75 Å². The number of aryl methyl sites for hydroxylation is 1. The second-order valence-corrected chi connectivity index (χ2v) is 3.55. The molecule has 0 fully saturated rings. The van der Waals surface area contributed by atoms with E-state index in [0.717, 1.165) is 5.56 Å². The molecule has 5 heteroatoms. The highest BCUT2D eigenvalue weighted by atomic mass is 35.5. The third kappa shape index (κ3) is 3.03. The molecule has 0 radical (unpaired) electrons. The van der Waals surface area contributed by atoms with Crippen molar-refractivity contribution in [2.24, 2.45) is 0 Å². The molecule has 0 unspecified atom stereocenters. The summed E-state index contributed by atoms with van der Waals surface area (Å²) in [7, 11) is 1.53. The van der Waals surface area contributed by atoms with Crippen LogP contribution < -0.4 is 10.1 Å². The smallest absolute Gasteiger partial charge is 0.411 e. The number of anilines is 1. The normalized spacial score (nSPS) is 9.75. The van der Waals surface area contributed by atoms with Crippen molar-refractivity contribution in [1.29, 1.82) is 0 Å². The third-order valence-electron chi connectivity index (χ3n) is 1.99. The van der Waals surface area contributed by atoms with E-state index in [4.69, 9.17) is 21.1 Å². The Labute approximate surface area is 99.5 Å². The van der Waals surface area contributed by atoms with Crippen molar-refractivity contribution in [3.8, 4) is 5.75 Å². The summed E-state index contributed by atoms with van der Waals surface area (Å²) in [5.74, 6) is 0.551. The van der Waals surface area contributed by atoms with Gasteiger partial charge in [0.25, 0.3) is 0 Å². The molecule has 1 amide bonds. The van der Waals surface area contributed by atoms with E-state index in [1.165, 1.54) is 7.11 Å². The van der Waals surface area contributed by atoms with Crippen molar-refractivity contribution in [3.63, 3.8) is 0 Å². The molecule has 88 valence electrons. The summed E-state index contributed by atoms with van der Waals surface area (Å²) in [5, 5.41) is 3.12. The minimum atomic E-state index is -0.527. The molecule has 0 saturated heterocycles. The molecule has 0 aliphatic heterocycles. The fourth-order valence-electron chi connectivity index (χ4n) is 1.20. The summed E-state index contributed by atoms with van der Waals surface area (Å²) in [6.07, 6.45) is -0.527. The number of nitrogens with one attached hydrogen (secondary N) is 1. The van der Waals surface area contributed by atoms with Gasteiger partial charge in [0.15, 0.2) is 0 Å². The van der Waals surface area contributed by atoms with Gasteiger partial charge in [-0.2, -0.15) is 0 Å². The van der Waals surface area contributed by atoms with Crippen molar-refractivity contribution in [2.45, 2.75) is 13.8 Å². The lowest BCUT2D eigenvalue weighted by Crippen LogP contribution is -2.14. The number of hydrogen-bond donors (Lipinski definition) is 1. The van der Waals surface area contributed by atoms with Gasteiger partial charge in [-0.3, -0.25) is 5.32 Å². The molecule has 0 aliphatic rings. The Balaban J connectivity index is 2.94. The molecular weight excluding hydrogens is 230 g/mol. The maximum Gasteiger partial charge on any atom is 0.411 e. The number of methoxy groups -OCH3 is 1. The minimum Gasteiger partial charge on any atom is -0.495 e. The quantitative estimate of drug-likeness (QED) is 0.887. The second-order valence-electron chi connectivity index (χ2n) is 3.15. The van der Waals surface area contributed by atoms with Crippen LogP contribution in [0.15, 0.2) is 12.1 Å². The van der Waals surface area contributed by atoms with Crippen molar-refractivity contribution in [2.75, 3.05) is 19.0 Å². The SMILES string of the molecule is CCOC(=O)Nc1cc(Cl)c(C)cc1OC. The predicted molar refractivity (Wildman–Crippen MR) is 63.4 cm³/mol. The van der Waals surface area contributed by atoms with E-state index in [-0.39, 0.29) is 0 Å². The van der Waals surface area contributed by atoms with Crippen LogP contribution in [0.25, 0.3) is 0 Å². The largest absolute Gasteiger partial charge is 0.495 e. The van der Waals surface area contributed by atoms with Gasteiger partial charge in [0.05, 0.1) is 19.4 Å². The van der Waals surface area contributed by atoms with Crippen molar-refractivity contribution < 1.29 is 14.3 Å². The monoisotopic (exact) mass is 243 g/mol. The predicted octanol–water partition coefficient (Wildman–Crippen LogP) is 3.23. The standard InChI is InChI=1S/C11H14ClNO3/c1-4-16-11(14)13-9-6-8(12)7(2)5-10(9)15-3/h5-6H,4H2,1-3H3,(H,13,14). The number of hydrogen-bond acceptors (Lipinski definition) is 3. The van der Waals surface area contributed by atoms with Crippen LogP contribution in [0.5, 0.6) is 5.75 Å². The summed E-state index contributed by atoms with van der Waals surface area (Å²) in [6.45, 7) is 3.91. The highest BCUT2D eigenvalue weighted by molar-refractivity contribution is 6.31. The summed E-state index contributed by atoms with van der Waals surface area (Å²) >= 11 is 5.96. The lowest BCUT2D eigenvalue weighted by atomic mass is 10.2. The highest BCUT2D eigenvalue weighted by Crippen LogP contribution is 2.30. The fourth-order valence-corrected chi connectivity index (χ4v) is 1.36. The van der Waals surface area contributed by atoms with Crippen LogP contribution in [0.4, 0.5) is 10.5 Å². The van der Waals surface area contributed by atoms with E-state index >= 15 is 0 Å². The van der Waals surface area contributed by atoms with Gasteiger partial charge < -0.3 is 9.47 Å². The van der Waals surface area contributed by atoms with Gasteiger partial charge in [-0.05, 0) is 31.5 Å².